The number of anilines is 2. The highest BCUT2D eigenvalue weighted by Crippen LogP contribution is 2.59. The Morgan fingerprint density at radius 1 is 1.04 bits per heavy atom. The minimum absolute atomic E-state index is 0.0536. The molecule has 1 spiro atoms. The van der Waals surface area contributed by atoms with Crippen molar-refractivity contribution in [2.75, 3.05) is 30.1 Å². The maximum Gasteiger partial charge on any atom is 0.264 e. The molecule has 0 radical (unpaired) electrons. The number of fused-ring (bicyclic) bond motifs is 2. The number of ether oxygens (including phenoxy) is 1. The van der Waals surface area contributed by atoms with Gasteiger partial charge in [-0.05, 0) is 42.4 Å². The van der Waals surface area contributed by atoms with E-state index < -0.39 is 31.5 Å². The second kappa shape index (κ2) is 12.8. The van der Waals surface area contributed by atoms with Crippen LogP contribution >= 0.6 is 0 Å². The molecule has 4 atom stereocenters. The van der Waals surface area contributed by atoms with E-state index in [9.17, 15) is 24.3 Å². The lowest BCUT2D eigenvalue weighted by Gasteiger charge is -2.32. The molecular formula is C36H42N4O6Si. The fraction of sp³-hybridized carbons (Fsp3) is 0.389. The van der Waals surface area contributed by atoms with Crippen molar-refractivity contribution in [3.8, 4) is 0 Å². The topological polar surface area (TPSA) is 123 Å². The normalized spacial score (nSPS) is 24.1. The van der Waals surface area contributed by atoms with Gasteiger partial charge < -0.3 is 24.4 Å². The summed E-state index contributed by atoms with van der Waals surface area (Å²) in [5, 5.41) is 15.9. The van der Waals surface area contributed by atoms with Crippen LogP contribution in [-0.4, -0.2) is 72.9 Å². The molecule has 6 rings (SSSR count). The van der Waals surface area contributed by atoms with E-state index in [-0.39, 0.29) is 37.3 Å². The van der Waals surface area contributed by atoms with Gasteiger partial charge in [-0.25, -0.2) is 5.01 Å². The largest absolute Gasteiger partial charge is 0.432 e. The molecule has 11 heteroatoms. The standard InChI is InChI=1S/C36H42N4O6Si/c1-24-34(47(3,4)45)31(22-33(43)39(19-20-41)23-25-11-7-5-8-12-25)46-36(24)28-21-27(15-17-30(28)38(2)35(36)44)40-32(42)18-16-29(37-40)26-13-9-6-10-14-26/h5-15,17,21,24,31,34,41,45H,16,18-20,22-23H2,1-4H3/t24-,31+,34-,36+/m1/s1. The maximum absolute atomic E-state index is 14.3. The molecule has 3 aromatic rings. The van der Waals surface area contributed by atoms with Crippen LogP contribution in [0.1, 0.15) is 42.9 Å². The average Bonchev–Trinajstić information content (AvgIpc) is 3.47. The number of amides is 3. The first kappa shape index (κ1) is 32.8. The average molecular weight is 655 g/mol. The first-order valence-electron chi connectivity index (χ1n) is 16.2. The van der Waals surface area contributed by atoms with Crippen molar-refractivity contribution in [1.82, 2.24) is 4.90 Å². The smallest absolute Gasteiger partial charge is 0.264 e. The number of aliphatic hydroxyl groups excluding tert-OH is 1. The fourth-order valence-corrected chi connectivity index (χ4v) is 10.2. The van der Waals surface area contributed by atoms with Crippen LogP contribution in [0.25, 0.3) is 0 Å². The van der Waals surface area contributed by atoms with Gasteiger partial charge >= 0.3 is 0 Å². The number of nitrogens with zero attached hydrogens (tertiary/aromatic N) is 4. The third-order valence-corrected chi connectivity index (χ3v) is 12.3. The van der Waals surface area contributed by atoms with Crippen molar-refractivity contribution in [3.63, 3.8) is 0 Å². The van der Waals surface area contributed by atoms with Crippen LogP contribution in [-0.2, 0) is 31.3 Å². The molecular weight excluding hydrogens is 613 g/mol. The second-order valence-corrected chi connectivity index (χ2v) is 17.2. The minimum Gasteiger partial charge on any atom is -0.432 e. The van der Waals surface area contributed by atoms with E-state index in [1.165, 1.54) is 5.01 Å². The van der Waals surface area contributed by atoms with Gasteiger partial charge in [0.25, 0.3) is 5.91 Å². The Bertz CT molecular complexity index is 1690. The number of hydrogen-bond acceptors (Lipinski definition) is 7. The highest BCUT2D eigenvalue weighted by atomic mass is 28.4. The van der Waals surface area contributed by atoms with Crippen LogP contribution in [0.15, 0.2) is 84.0 Å². The van der Waals surface area contributed by atoms with Gasteiger partial charge in [-0.1, -0.05) is 67.6 Å². The first-order valence-corrected chi connectivity index (χ1v) is 19.2. The van der Waals surface area contributed by atoms with E-state index in [1.54, 1.807) is 22.9 Å². The first-order chi connectivity index (χ1) is 22.5. The Kier molecular flexibility index (Phi) is 8.92. The van der Waals surface area contributed by atoms with E-state index in [0.717, 1.165) is 16.8 Å². The van der Waals surface area contributed by atoms with Gasteiger partial charge in [-0.15, -0.1) is 0 Å². The van der Waals surface area contributed by atoms with Crippen molar-refractivity contribution < 1.29 is 29.0 Å². The highest BCUT2D eigenvalue weighted by Gasteiger charge is 2.66. The Morgan fingerprint density at radius 3 is 2.38 bits per heavy atom. The number of benzene rings is 3. The molecule has 3 aromatic carbocycles. The van der Waals surface area contributed by atoms with Crippen molar-refractivity contribution in [2.24, 2.45) is 11.0 Å². The lowest BCUT2D eigenvalue weighted by atomic mass is 9.82. The lowest BCUT2D eigenvalue weighted by molar-refractivity contribution is -0.149. The number of hydrazone groups is 1. The van der Waals surface area contributed by atoms with Gasteiger partial charge in [0.15, 0.2) is 13.9 Å². The molecule has 0 saturated carbocycles. The number of aliphatic hydroxyl groups is 1. The summed E-state index contributed by atoms with van der Waals surface area (Å²) in [5.41, 5.74) is 2.52. The zero-order valence-corrected chi connectivity index (χ0v) is 28.3. The molecule has 3 amide bonds. The molecule has 1 fully saturated rings. The van der Waals surface area contributed by atoms with E-state index in [1.807, 2.05) is 92.8 Å². The molecule has 3 heterocycles. The maximum atomic E-state index is 14.3. The molecule has 0 aliphatic carbocycles. The molecule has 0 bridgehead atoms. The number of rotatable bonds is 9. The molecule has 3 aliphatic rings. The fourth-order valence-electron chi connectivity index (χ4n) is 7.61. The molecule has 10 nitrogen and oxygen atoms in total. The lowest BCUT2D eigenvalue weighted by Crippen LogP contribution is -2.45. The predicted octanol–water partition coefficient (Wildman–Crippen LogP) is 4.40. The molecule has 2 N–H and O–H groups in total. The Morgan fingerprint density at radius 2 is 1.72 bits per heavy atom. The minimum atomic E-state index is -3.02. The third-order valence-electron chi connectivity index (χ3n) is 9.80. The third kappa shape index (κ3) is 5.93. The summed E-state index contributed by atoms with van der Waals surface area (Å²) in [5.74, 6) is -1.12. The van der Waals surface area contributed by atoms with Gasteiger partial charge in [0.2, 0.25) is 11.8 Å². The van der Waals surface area contributed by atoms with Crippen molar-refractivity contribution in [2.45, 2.75) is 63.1 Å². The quantitative estimate of drug-likeness (QED) is 0.330. The number of likely N-dealkylation sites (N-methyl/N-ethyl adjacent to an activating group) is 1. The Balaban J connectivity index is 1.36. The van der Waals surface area contributed by atoms with E-state index in [0.29, 0.717) is 36.3 Å². The predicted molar refractivity (Wildman–Crippen MR) is 182 cm³/mol. The summed E-state index contributed by atoms with van der Waals surface area (Å²) < 4.78 is 6.81. The van der Waals surface area contributed by atoms with E-state index in [2.05, 4.69) is 0 Å². The van der Waals surface area contributed by atoms with Gasteiger partial charge in [0.05, 0.1) is 36.2 Å². The summed E-state index contributed by atoms with van der Waals surface area (Å²) in [6, 6.07) is 24.7. The van der Waals surface area contributed by atoms with E-state index in [4.69, 9.17) is 9.84 Å². The van der Waals surface area contributed by atoms with Crippen molar-refractivity contribution in [1.29, 1.82) is 0 Å². The highest BCUT2D eigenvalue weighted by molar-refractivity contribution is 6.71. The van der Waals surface area contributed by atoms with Gasteiger partial charge in [-0.3, -0.25) is 14.4 Å². The van der Waals surface area contributed by atoms with Crippen LogP contribution in [0.3, 0.4) is 0 Å². The van der Waals surface area contributed by atoms with Gasteiger partial charge in [0.1, 0.15) is 0 Å². The Hall–Kier alpha value is -4.16. The van der Waals surface area contributed by atoms with Crippen LogP contribution < -0.4 is 9.91 Å². The monoisotopic (exact) mass is 654 g/mol. The van der Waals surface area contributed by atoms with Crippen LogP contribution in [0, 0.1) is 5.92 Å². The molecule has 1 saturated heterocycles. The Labute approximate surface area is 276 Å². The summed E-state index contributed by atoms with van der Waals surface area (Å²) in [6.07, 6.45) is 0.0290. The van der Waals surface area contributed by atoms with E-state index >= 15 is 0 Å². The number of hydrogen-bond donors (Lipinski definition) is 2. The summed E-state index contributed by atoms with van der Waals surface area (Å²) in [4.78, 5) is 56.1. The van der Waals surface area contributed by atoms with Crippen LogP contribution in [0.5, 0.6) is 0 Å². The summed E-state index contributed by atoms with van der Waals surface area (Å²) >= 11 is 0. The van der Waals surface area contributed by atoms with Crippen LogP contribution in [0.4, 0.5) is 11.4 Å². The zero-order valence-electron chi connectivity index (χ0n) is 27.3. The number of carbonyl (C=O) groups excluding carboxylic acids is 3. The SMILES string of the molecule is C[C@@H]1[C@@H]([Si](C)(C)O)[C@H](CC(=O)N(CCO)Cc2ccccc2)O[C@@]12C(=O)N(C)c1ccc(N3N=C(c4ccccc4)CCC3=O)cc12. The van der Waals surface area contributed by atoms with Crippen molar-refractivity contribution >= 4 is 43.1 Å². The molecule has 47 heavy (non-hydrogen) atoms. The summed E-state index contributed by atoms with van der Waals surface area (Å²) in [7, 11) is -1.32. The zero-order chi connectivity index (χ0) is 33.5. The molecule has 0 unspecified atom stereocenters. The van der Waals surface area contributed by atoms with Gasteiger partial charge in [-0.2, -0.15) is 5.10 Å². The molecule has 3 aliphatic heterocycles. The van der Waals surface area contributed by atoms with Crippen LogP contribution in [0.2, 0.25) is 18.6 Å². The van der Waals surface area contributed by atoms with Crippen molar-refractivity contribution in [3.05, 3.63) is 95.6 Å². The summed E-state index contributed by atoms with van der Waals surface area (Å²) in [6.45, 7) is 5.82. The second-order valence-electron chi connectivity index (χ2n) is 13.3. The molecule has 0 aromatic heterocycles. The molecule has 246 valence electrons. The van der Waals surface area contributed by atoms with Gasteiger partial charge in [0, 0.05) is 50.0 Å². The number of carbonyl (C=O) groups is 3.